The molecule has 0 aliphatic carbocycles. The Morgan fingerprint density at radius 2 is 1.85 bits per heavy atom. The molecule has 0 radical (unpaired) electrons. The van der Waals surface area contributed by atoms with Gasteiger partial charge in [-0.3, -0.25) is 0 Å². The van der Waals surface area contributed by atoms with Crippen molar-refractivity contribution in [3.8, 4) is 11.4 Å². The Morgan fingerprint density at radius 3 is 2.54 bits per heavy atom. The minimum atomic E-state index is 0.580. The maximum absolute atomic E-state index is 5.39. The van der Waals surface area contributed by atoms with Gasteiger partial charge in [-0.05, 0) is 51.7 Å². The Kier molecular flexibility index (Phi) is 4.69. The molecule has 0 amide bonds. The van der Waals surface area contributed by atoms with Crippen LogP contribution in [0, 0.1) is 13.8 Å². The zero-order valence-electron chi connectivity index (χ0n) is 15.2. The largest absolute Gasteiger partial charge is 0.361 e. The molecule has 1 saturated heterocycles. The van der Waals surface area contributed by atoms with Crippen LogP contribution in [0.15, 0.2) is 27.4 Å². The topological polar surface area (TPSA) is 81.1 Å². The van der Waals surface area contributed by atoms with E-state index in [1.54, 1.807) is 0 Å². The van der Waals surface area contributed by atoms with Crippen molar-refractivity contribution in [1.82, 2.24) is 20.3 Å². The SMILES string of the molecule is Cc1noc(C)c1CCc1nc(-c2ccc(N3CCCCC3)nc2)no1. The molecule has 1 aliphatic heterocycles. The quantitative estimate of drug-likeness (QED) is 0.694. The van der Waals surface area contributed by atoms with Crippen LogP contribution in [-0.2, 0) is 12.8 Å². The fourth-order valence-corrected chi connectivity index (χ4v) is 3.39. The third-order valence-corrected chi connectivity index (χ3v) is 4.92. The number of aryl methyl sites for hydroxylation is 3. The minimum absolute atomic E-state index is 0.580. The first-order valence-corrected chi connectivity index (χ1v) is 9.16. The van der Waals surface area contributed by atoms with Gasteiger partial charge in [0.2, 0.25) is 11.7 Å². The highest BCUT2D eigenvalue weighted by Crippen LogP contribution is 2.22. The number of nitrogens with zero attached hydrogens (tertiary/aromatic N) is 5. The zero-order valence-corrected chi connectivity index (χ0v) is 15.2. The van der Waals surface area contributed by atoms with Crippen LogP contribution in [-0.4, -0.2) is 33.4 Å². The van der Waals surface area contributed by atoms with Crippen LogP contribution in [0.3, 0.4) is 0 Å². The molecule has 136 valence electrons. The van der Waals surface area contributed by atoms with Crippen LogP contribution in [0.2, 0.25) is 0 Å². The highest BCUT2D eigenvalue weighted by atomic mass is 16.5. The Hall–Kier alpha value is -2.70. The number of anilines is 1. The van der Waals surface area contributed by atoms with Crippen LogP contribution in [0.1, 0.15) is 42.2 Å². The number of pyridine rings is 1. The molecule has 3 aromatic rings. The van der Waals surface area contributed by atoms with E-state index < -0.39 is 0 Å². The van der Waals surface area contributed by atoms with Crippen molar-refractivity contribution in [2.45, 2.75) is 46.0 Å². The Labute approximate surface area is 152 Å². The summed E-state index contributed by atoms with van der Waals surface area (Å²) in [5.41, 5.74) is 2.90. The number of aromatic nitrogens is 4. The maximum Gasteiger partial charge on any atom is 0.227 e. The summed E-state index contributed by atoms with van der Waals surface area (Å²) in [7, 11) is 0. The molecule has 7 nitrogen and oxygen atoms in total. The second-order valence-electron chi connectivity index (χ2n) is 6.77. The lowest BCUT2D eigenvalue weighted by atomic mass is 10.1. The summed E-state index contributed by atoms with van der Waals surface area (Å²) in [6.07, 6.45) is 7.05. The smallest absolute Gasteiger partial charge is 0.227 e. The lowest BCUT2D eigenvalue weighted by Gasteiger charge is -2.27. The molecule has 0 N–H and O–H groups in total. The summed E-state index contributed by atoms with van der Waals surface area (Å²) in [6.45, 7) is 6.03. The van der Waals surface area contributed by atoms with Gasteiger partial charge in [-0.25, -0.2) is 4.98 Å². The molecule has 3 aromatic heterocycles. The Bertz CT molecular complexity index is 843. The number of piperidine rings is 1. The molecular weight excluding hydrogens is 330 g/mol. The molecule has 0 bridgehead atoms. The predicted molar refractivity (Wildman–Crippen MR) is 97.0 cm³/mol. The summed E-state index contributed by atoms with van der Waals surface area (Å²) in [4.78, 5) is 11.4. The van der Waals surface area contributed by atoms with Gasteiger partial charge >= 0.3 is 0 Å². The van der Waals surface area contributed by atoms with Crippen LogP contribution < -0.4 is 4.90 Å². The zero-order chi connectivity index (χ0) is 17.9. The lowest BCUT2D eigenvalue weighted by Crippen LogP contribution is -2.29. The molecule has 0 atom stereocenters. The molecule has 1 aliphatic rings. The molecule has 0 saturated carbocycles. The molecule has 26 heavy (non-hydrogen) atoms. The maximum atomic E-state index is 5.39. The van der Waals surface area contributed by atoms with Crippen molar-refractivity contribution >= 4 is 5.82 Å². The van der Waals surface area contributed by atoms with E-state index in [1.165, 1.54) is 19.3 Å². The van der Waals surface area contributed by atoms with E-state index in [1.807, 2.05) is 32.2 Å². The normalized spacial score (nSPS) is 14.8. The van der Waals surface area contributed by atoms with E-state index in [-0.39, 0.29) is 0 Å². The van der Waals surface area contributed by atoms with E-state index in [0.29, 0.717) is 18.1 Å². The van der Waals surface area contributed by atoms with E-state index in [0.717, 1.165) is 47.9 Å². The molecule has 0 spiro atoms. The van der Waals surface area contributed by atoms with Crippen LogP contribution in [0.4, 0.5) is 5.82 Å². The standard InChI is InChI=1S/C19H23N5O2/c1-13-16(14(2)25-22-13)7-9-18-21-19(23-26-18)15-6-8-17(20-12-15)24-10-4-3-5-11-24/h6,8,12H,3-5,7,9-11H2,1-2H3. The van der Waals surface area contributed by atoms with Crippen molar-refractivity contribution in [3.63, 3.8) is 0 Å². The Morgan fingerprint density at radius 1 is 1.00 bits per heavy atom. The molecule has 1 fully saturated rings. The molecule has 4 rings (SSSR count). The minimum Gasteiger partial charge on any atom is -0.361 e. The van der Waals surface area contributed by atoms with E-state index >= 15 is 0 Å². The van der Waals surface area contributed by atoms with Crippen LogP contribution in [0.5, 0.6) is 0 Å². The summed E-state index contributed by atoms with van der Waals surface area (Å²) >= 11 is 0. The van der Waals surface area contributed by atoms with Gasteiger partial charge in [-0.1, -0.05) is 10.3 Å². The van der Waals surface area contributed by atoms with Gasteiger partial charge in [0, 0.05) is 36.8 Å². The van der Waals surface area contributed by atoms with E-state index in [2.05, 4.69) is 25.2 Å². The fraction of sp³-hybridized carbons (Fsp3) is 0.474. The highest BCUT2D eigenvalue weighted by Gasteiger charge is 2.15. The van der Waals surface area contributed by atoms with Crippen molar-refractivity contribution in [2.75, 3.05) is 18.0 Å². The summed E-state index contributed by atoms with van der Waals surface area (Å²) in [5, 5.41) is 8.07. The van der Waals surface area contributed by atoms with Crippen molar-refractivity contribution in [1.29, 1.82) is 0 Å². The van der Waals surface area contributed by atoms with Gasteiger partial charge in [-0.15, -0.1) is 0 Å². The second kappa shape index (κ2) is 7.27. The number of hydrogen-bond donors (Lipinski definition) is 0. The number of rotatable bonds is 5. The van der Waals surface area contributed by atoms with Gasteiger partial charge in [-0.2, -0.15) is 4.98 Å². The van der Waals surface area contributed by atoms with Gasteiger partial charge in [0.1, 0.15) is 11.6 Å². The summed E-state index contributed by atoms with van der Waals surface area (Å²) < 4.78 is 10.6. The van der Waals surface area contributed by atoms with Crippen LogP contribution in [0.25, 0.3) is 11.4 Å². The average molecular weight is 353 g/mol. The fourth-order valence-electron chi connectivity index (χ4n) is 3.39. The highest BCUT2D eigenvalue weighted by molar-refractivity contribution is 5.55. The molecular formula is C19H23N5O2. The first kappa shape index (κ1) is 16.8. The summed E-state index contributed by atoms with van der Waals surface area (Å²) in [6, 6.07) is 4.06. The molecule has 7 heteroatoms. The monoisotopic (exact) mass is 353 g/mol. The first-order chi connectivity index (χ1) is 12.7. The molecule has 4 heterocycles. The third kappa shape index (κ3) is 3.47. The second-order valence-corrected chi connectivity index (χ2v) is 6.77. The van der Waals surface area contributed by atoms with E-state index in [9.17, 15) is 0 Å². The van der Waals surface area contributed by atoms with Gasteiger partial charge in [0.15, 0.2) is 0 Å². The van der Waals surface area contributed by atoms with Crippen LogP contribution >= 0.6 is 0 Å². The third-order valence-electron chi connectivity index (χ3n) is 4.92. The van der Waals surface area contributed by atoms with Crippen molar-refractivity contribution in [2.24, 2.45) is 0 Å². The molecule has 0 aromatic carbocycles. The predicted octanol–water partition coefficient (Wildman–Crippen LogP) is 3.51. The lowest BCUT2D eigenvalue weighted by molar-refractivity contribution is 0.377. The van der Waals surface area contributed by atoms with Gasteiger partial charge in [0.05, 0.1) is 5.69 Å². The Balaban J connectivity index is 1.42. The average Bonchev–Trinajstić information content (AvgIpc) is 3.28. The first-order valence-electron chi connectivity index (χ1n) is 9.16. The number of hydrogen-bond acceptors (Lipinski definition) is 7. The van der Waals surface area contributed by atoms with Crippen molar-refractivity contribution in [3.05, 3.63) is 41.2 Å². The van der Waals surface area contributed by atoms with E-state index in [4.69, 9.17) is 9.05 Å². The van der Waals surface area contributed by atoms with Gasteiger partial charge in [0.25, 0.3) is 0 Å². The van der Waals surface area contributed by atoms with Gasteiger partial charge < -0.3 is 13.9 Å². The van der Waals surface area contributed by atoms with Crippen molar-refractivity contribution < 1.29 is 9.05 Å². The molecule has 0 unspecified atom stereocenters. The summed E-state index contributed by atoms with van der Waals surface area (Å²) in [5.74, 6) is 3.06.